The predicted octanol–water partition coefficient (Wildman–Crippen LogP) is 5.18. The maximum Gasteiger partial charge on any atom is 0.272 e. The lowest BCUT2D eigenvalue weighted by Gasteiger charge is -2.23. The van der Waals surface area contributed by atoms with Crippen molar-refractivity contribution in [1.29, 1.82) is 0 Å². The van der Waals surface area contributed by atoms with Crippen molar-refractivity contribution >= 4 is 32.4 Å². The van der Waals surface area contributed by atoms with E-state index in [1.54, 1.807) is 54.6 Å². The summed E-state index contributed by atoms with van der Waals surface area (Å²) in [5, 5.41) is 1.86. The van der Waals surface area contributed by atoms with Gasteiger partial charge in [0.15, 0.2) is 0 Å². The fraction of sp³-hybridized carbons (Fsp3) is 0.0417. The number of para-hydroxylation sites is 1. The molecule has 0 unspecified atom stereocenters. The minimum Gasteiger partial charge on any atom is -0.268 e. The SMILES string of the molecule is Cc1ccc(S(=O)(=O)N(C(=O)c2ccc3ccccc3c2)c2ccccc2)cc1. The molecule has 29 heavy (non-hydrogen) atoms. The Morgan fingerprint density at radius 1 is 0.724 bits per heavy atom. The monoisotopic (exact) mass is 401 g/mol. The lowest BCUT2D eigenvalue weighted by Crippen LogP contribution is -2.37. The van der Waals surface area contributed by atoms with Crippen molar-refractivity contribution in [3.63, 3.8) is 0 Å². The number of amides is 1. The van der Waals surface area contributed by atoms with Gasteiger partial charge >= 0.3 is 0 Å². The molecule has 0 aromatic heterocycles. The summed E-state index contributed by atoms with van der Waals surface area (Å²) in [7, 11) is -4.09. The second kappa shape index (κ2) is 7.53. The highest BCUT2D eigenvalue weighted by Gasteiger charge is 2.31. The molecule has 0 fully saturated rings. The fourth-order valence-electron chi connectivity index (χ4n) is 3.18. The van der Waals surface area contributed by atoms with Gasteiger partial charge in [0.05, 0.1) is 10.6 Å². The number of aryl methyl sites for hydroxylation is 1. The Hall–Kier alpha value is -3.44. The number of sulfonamides is 1. The normalized spacial score (nSPS) is 11.3. The van der Waals surface area contributed by atoms with Crippen LogP contribution in [0.3, 0.4) is 0 Å². The van der Waals surface area contributed by atoms with Gasteiger partial charge in [0.1, 0.15) is 0 Å². The first kappa shape index (κ1) is 18.9. The molecule has 0 saturated heterocycles. The number of carbonyl (C=O) groups is 1. The van der Waals surface area contributed by atoms with E-state index in [1.165, 1.54) is 12.1 Å². The minimum absolute atomic E-state index is 0.0705. The molecule has 5 heteroatoms. The lowest BCUT2D eigenvalue weighted by molar-refractivity contribution is 0.101. The zero-order chi connectivity index (χ0) is 20.4. The van der Waals surface area contributed by atoms with Gasteiger partial charge in [-0.1, -0.05) is 66.2 Å². The third-order valence-electron chi connectivity index (χ3n) is 4.73. The number of hydrogen-bond acceptors (Lipinski definition) is 3. The second-order valence-electron chi connectivity index (χ2n) is 6.79. The third kappa shape index (κ3) is 3.65. The molecule has 0 atom stereocenters. The van der Waals surface area contributed by atoms with Gasteiger partial charge in [0.25, 0.3) is 15.9 Å². The largest absolute Gasteiger partial charge is 0.272 e. The Kier molecular flexibility index (Phi) is 4.91. The van der Waals surface area contributed by atoms with Crippen molar-refractivity contribution < 1.29 is 13.2 Å². The summed E-state index contributed by atoms with van der Waals surface area (Å²) in [6.45, 7) is 1.88. The summed E-state index contributed by atoms with van der Waals surface area (Å²) in [4.78, 5) is 13.5. The number of anilines is 1. The topological polar surface area (TPSA) is 54.5 Å². The van der Waals surface area contributed by atoms with E-state index in [0.717, 1.165) is 20.6 Å². The Bertz CT molecular complexity index is 1280. The van der Waals surface area contributed by atoms with Crippen LogP contribution in [0.15, 0.2) is 102 Å². The molecule has 4 nitrogen and oxygen atoms in total. The van der Waals surface area contributed by atoms with Gasteiger partial charge in [-0.2, -0.15) is 4.31 Å². The number of rotatable bonds is 4. The molecule has 0 N–H and O–H groups in total. The Morgan fingerprint density at radius 3 is 2.03 bits per heavy atom. The average molecular weight is 401 g/mol. The summed E-state index contributed by atoms with van der Waals surface area (Å²) in [5.74, 6) is -0.595. The van der Waals surface area contributed by atoms with Crippen molar-refractivity contribution in [2.45, 2.75) is 11.8 Å². The molecule has 4 aromatic carbocycles. The molecule has 0 saturated carbocycles. The molecule has 0 aliphatic heterocycles. The van der Waals surface area contributed by atoms with Crippen molar-refractivity contribution in [1.82, 2.24) is 0 Å². The summed E-state index contributed by atoms with van der Waals surface area (Å²) in [6.07, 6.45) is 0. The maximum atomic E-state index is 13.4. The summed E-state index contributed by atoms with van der Waals surface area (Å²) in [5.41, 5.74) is 1.55. The van der Waals surface area contributed by atoms with Crippen LogP contribution in [0.5, 0.6) is 0 Å². The quantitative estimate of drug-likeness (QED) is 0.473. The van der Waals surface area contributed by atoms with E-state index in [0.29, 0.717) is 11.3 Å². The van der Waals surface area contributed by atoms with Crippen molar-refractivity contribution in [2.24, 2.45) is 0 Å². The molecule has 0 aliphatic carbocycles. The van der Waals surface area contributed by atoms with E-state index in [4.69, 9.17) is 0 Å². The zero-order valence-corrected chi connectivity index (χ0v) is 16.6. The zero-order valence-electron chi connectivity index (χ0n) is 15.8. The van der Waals surface area contributed by atoms with Crippen LogP contribution in [-0.4, -0.2) is 14.3 Å². The number of carbonyl (C=O) groups excluding carboxylic acids is 1. The van der Waals surface area contributed by atoms with Crippen LogP contribution in [0.4, 0.5) is 5.69 Å². The lowest BCUT2D eigenvalue weighted by atomic mass is 10.1. The molecule has 144 valence electrons. The van der Waals surface area contributed by atoms with Crippen LogP contribution in [-0.2, 0) is 10.0 Å². The highest BCUT2D eigenvalue weighted by atomic mass is 32.2. The first-order valence-corrected chi connectivity index (χ1v) is 10.6. The highest BCUT2D eigenvalue weighted by Crippen LogP contribution is 2.27. The van der Waals surface area contributed by atoms with Gasteiger partial charge in [-0.25, -0.2) is 8.42 Å². The second-order valence-corrected chi connectivity index (χ2v) is 8.57. The number of fused-ring (bicyclic) bond motifs is 1. The van der Waals surface area contributed by atoms with E-state index in [1.807, 2.05) is 37.3 Å². The fourth-order valence-corrected chi connectivity index (χ4v) is 4.60. The molecular weight excluding hydrogens is 382 g/mol. The van der Waals surface area contributed by atoms with Gasteiger partial charge in [0, 0.05) is 5.56 Å². The standard InChI is InChI=1S/C24H19NO3S/c1-18-11-15-23(16-12-18)29(27,28)25(22-9-3-2-4-10-22)24(26)21-14-13-19-7-5-6-8-20(19)17-21/h2-17H,1H3. The smallest absolute Gasteiger partial charge is 0.268 e. The molecule has 1 amide bonds. The summed E-state index contributed by atoms with van der Waals surface area (Å²) in [6, 6.07) is 27.8. The van der Waals surface area contributed by atoms with Crippen molar-refractivity contribution in [3.8, 4) is 0 Å². The Labute approximate surface area is 170 Å². The van der Waals surface area contributed by atoms with Crippen molar-refractivity contribution in [2.75, 3.05) is 4.31 Å². The first-order chi connectivity index (χ1) is 14.0. The van der Waals surface area contributed by atoms with Gasteiger partial charge in [-0.05, 0) is 54.1 Å². The maximum absolute atomic E-state index is 13.4. The van der Waals surface area contributed by atoms with E-state index in [9.17, 15) is 13.2 Å². The number of hydrogen-bond donors (Lipinski definition) is 0. The molecule has 4 aromatic rings. The van der Waals surface area contributed by atoms with E-state index in [2.05, 4.69) is 0 Å². The highest BCUT2D eigenvalue weighted by molar-refractivity contribution is 7.93. The van der Waals surface area contributed by atoms with E-state index < -0.39 is 15.9 Å². The summed E-state index contributed by atoms with van der Waals surface area (Å²) >= 11 is 0. The summed E-state index contributed by atoms with van der Waals surface area (Å²) < 4.78 is 27.7. The van der Waals surface area contributed by atoms with Gasteiger partial charge < -0.3 is 0 Å². The molecular formula is C24H19NO3S. The van der Waals surface area contributed by atoms with Gasteiger partial charge in [-0.3, -0.25) is 4.79 Å². The van der Waals surface area contributed by atoms with E-state index in [-0.39, 0.29) is 4.90 Å². The first-order valence-electron chi connectivity index (χ1n) is 9.17. The number of benzene rings is 4. The van der Waals surface area contributed by atoms with Gasteiger partial charge in [0.2, 0.25) is 0 Å². The molecule has 4 rings (SSSR count). The Balaban J connectivity index is 1.86. The van der Waals surface area contributed by atoms with Crippen LogP contribution >= 0.6 is 0 Å². The van der Waals surface area contributed by atoms with Crippen LogP contribution < -0.4 is 4.31 Å². The molecule has 0 bridgehead atoms. The molecule has 0 radical (unpaired) electrons. The molecule has 0 aliphatic rings. The van der Waals surface area contributed by atoms with Gasteiger partial charge in [-0.15, -0.1) is 0 Å². The predicted molar refractivity (Wildman–Crippen MR) is 116 cm³/mol. The third-order valence-corrected chi connectivity index (χ3v) is 6.46. The molecule has 0 spiro atoms. The van der Waals surface area contributed by atoms with Crippen LogP contribution in [0, 0.1) is 6.92 Å². The van der Waals surface area contributed by atoms with Crippen LogP contribution in [0.2, 0.25) is 0 Å². The van der Waals surface area contributed by atoms with Crippen LogP contribution in [0.25, 0.3) is 10.8 Å². The molecule has 0 heterocycles. The van der Waals surface area contributed by atoms with E-state index >= 15 is 0 Å². The van der Waals surface area contributed by atoms with Crippen LogP contribution in [0.1, 0.15) is 15.9 Å². The minimum atomic E-state index is -4.09. The average Bonchev–Trinajstić information content (AvgIpc) is 2.74. The van der Waals surface area contributed by atoms with Crippen molar-refractivity contribution in [3.05, 3.63) is 108 Å². The number of nitrogens with zero attached hydrogens (tertiary/aromatic N) is 1. The Morgan fingerprint density at radius 2 is 1.34 bits per heavy atom.